The molecule has 3 heteroatoms. The summed E-state index contributed by atoms with van der Waals surface area (Å²) in [6.07, 6.45) is 8.66. The molecule has 1 heterocycles. The van der Waals surface area contributed by atoms with Gasteiger partial charge in [0.15, 0.2) is 5.66 Å². The Bertz CT molecular complexity index is 1100. The van der Waals surface area contributed by atoms with E-state index in [0.29, 0.717) is 0 Å². The van der Waals surface area contributed by atoms with Crippen LogP contribution in [0, 0.1) is 5.92 Å². The van der Waals surface area contributed by atoms with E-state index in [4.69, 9.17) is 10.7 Å². The number of anilines is 1. The third-order valence-corrected chi connectivity index (χ3v) is 5.73. The van der Waals surface area contributed by atoms with E-state index in [1.807, 2.05) is 30.3 Å². The number of hydrogen-bond acceptors (Lipinski definition) is 3. The van der Waals surface area contributed by atoms with Crippen LogP contribution < -0.4 is 11.1 Å². The van der Waals surface area contributed by atoms with Crippen LogP contribution >= 0.6 is 0 Å². The summed E-state index contributed by atoms with van der Waals surface area (Å²) in [5, 5.41) is 3.84. The van der Waals surface area contributed by atoms with Gasteiger partial charge < -0.3 is 5.73 Å². The Labute approximate surface area is 171 Å². The number of hydrogen-bond donors (Lipinski definition) is 2. The molecule has 0 saturated heterocycles. The Morgan fingerprint density at radius 3 is 2.17 bits per heavy atom. The largest absolute Gasteiger partial charge is 0.398 e. The van der Waals surface area contributed by atoms with Gasteiger partial charge in [-0.05, 0) is 17.2 Å². The molecule has 3 aromatic carbocycles. The van der Waals surface area contributed by atoms with Crippen LogP contribution in [0.5, 0.6) is 0 Å². The molecular formula is C26H23N3. The van der Waals surface area contributed by atoms with E-state index in [-0.39, 0.29) is 12.0 Å². The number of nitrogen functional groups attached to an aromatic ring is 1. The van der Waals surface area contributed by atoms with Crippen molar-refractivity contribution in [1.82, 2.24) is 5.32 Å². The topological polar surface area (TPSA) is 50.4 Å². The second-order valence-corrected chi connectivity index (χ2v) is 7.49. The summed E-state index contributed by atoms with van der Waals surface area (Å²) in [5.41, 5.74) is 10.7. The van der Waals surface area contributed by atoms with Crippen molar-refractivity contribution in [2.75, 3.05) is 5.73 Å². The SMILES string of the molecule is Nc1ccccc1C1(c2ccccc2)N=C(c2ccccc2)C2C=CC=CC2N1. The Morgan fingerprint density at radius 1 is 0.759 bits per heavy atom. The second-order valence-electron chi connectivity index (χ2n) is 7.49. The summed E-state index contributed by atoms with van der Waals surface area (Å²) in [4.78, 5) is 5.41. The molecule has 5 rings (SSSR count). The van der Waals surface area contributed by atoms with Crippen molar-refractivity contribution in [3.8, 4) is 0 Å². The number of nitrogens with one attached hydrogen (secondary N) is 1. The van der Waals surface area contributed by atoms with E-state index in [0.717, 1.165) is 28.1 Å². The first-order valence-electron chi connectivity index (χ1n) is 9.96. The van der Waals surface area contributed by atoms with Crippen LogP contribution in [0.2, 0.25) is 0 Å². The van der Waals surface area contributed by atoms with Crippen LogP contribution in [0.25, 0.3) is 0 Å². The van der Waals surface area contributed by atoms with Gasteiger partial charge in [-0.15, -0.1) is 0 Å². The molecule has 1 aliphatic carbocycles. The van der Waals surface area contributed by atoms with Gasteiger partial charge in [-0.3, -0.25) is 10.3 Å². The van der Waals surface area contributed by atoms with Gasteiger partial charge in [0, 0.05) is 23.2 Å². The quantitative estimate of drug-likeness (QED) is 0.652. The number of benzene rings is 3. The minimum Gasteiger partial charge on any atom is -0.398 e. The smallest absolute Gasteiger partial charge is 0.165 e. The number of allylic oxidation sites excluding steroid dienone is 2. The molecule has 0 saturated carbocycles. The maximum atomic E-state index is 6.48. The first-order chi connectivity index (χ1) is 14.3. The van der Waals surface area contributed by atoms with Crippen LogP contribution in [0.3, 0.4) is 0 Å². The van der Waals surface area contributed by atoms with Gasteiger partial charge in [0.2, 0.25) is 0 Å². The van der Waals surface area contributed by atoms with Crippen molar-refractivity contribution in [2.45, 2.75) is 11.7 Å². The lowest BCUT2D eigenvalue weighted by atomic mass is 9.79. The minimum absolute atomic E-state index is 0.118. The summed E-state index contributed by atoms with van der Waals surface area (Å²) in [5.74, 6) is 0.171. The lowest BCUT2D eigenvalue weighted by Crippen LogP contribution is -2.56. The molecule has 0 amide bonds. The Kier molecular flexibility index (Phi) is 4.38. The Balaban J connectivity index is 1.81. The highest BCUT2D eigenvalue weighted by molar-refractivity contribution is 6.05. The fraction of sp³-hybridized carbons (Fsp3) is 0.115. The molecule has 1 aliphatic heterocycles. The third-order valence-electron chi connectivity index (χ3n) is 5.73. The van der Waals surface area contributed by atoms with Crippen LogP contribution in [0.4, 0.5) is 5.69 Å². The molecule has 29 heavy (non-hydrogen) atoms. The molecule has 3 N–H and O–H groups in total. The molecule has 3 unspecified atom stereocenters. The third kappa shape index (κ3) is 3.00. The van der Waals surface area contributed by atoms with Gasteiger partial charge in [-0.25, -0.2) is 0 Å². The zero-order valence-electron chi connectivity index (χ0n) is 16.1. The van der Waals surface area contributed by atoms with Crippen molar-refractivity contribution in [2.24, 2.45) is 10.9 Å². The summed E-state index contributed by atoms with van der Waals surface area (Å²) in [6.45, 7) is 0. The fourth-order valence-electron chi connectivity index (χ4n) is 4.35. The predicted octanol–water partition coefficient (Wildman–Crippen LogP) is 4.67. The van der Waals surface area contributed by atoms with Crippen LogP contribution in [-0.4, -0.2) is 11.8 Å². The maximum Gasteiger partial charge on any atom is 0.165 e. The molecule has 2 aliphatic rings. The molecule has 0 bridgehead atoms. The number of nitrogens with zero attached hydrogens (tertiary/aromatic N) is 1. The van der Waals surface area contributed by atoms with E-state index in [9.17, 15) is 0 Å². The molecule has 3 aromatic rings. The molecule has 0 spiro atoms. The van der Waals surface area contributed by atoms with Crippen molar-refractivity contribution in [3.05, 3.63) is 126 Å². The van der Waals surface area contributed by atoms with Crippen molar-refractivity contribution < 1.29 is 0 Å². The van der Waals surface area contributed by atoms with E-state index in [2.05, 4.69) is 84.2 Å². The zero-order chi connectivity index (χ0) is 19.7. The average Bonchev–Trinajstić information content (AvgIpc) is 2.80. The van der Waals surface area contributed by atoms with E-state index < -0.39 is 5.66 Å². The lowest BCUT2D eigenvalue weighted by Gasteiger charge is -2.44. The molecule has 0 radical (unpaired) electrons. The summed E-state index contributed by atoms with van der Waals surface area (Å²) < 4.78 is 0. The fourth-order valence-corrected chi connectivity index (χ4v) is 4.35. The van der Waals surface area contributed by atoms with Crippen LogP contribution in [0.15, 0.2) is 114 Å². The number of rotatable bonds is 3. The molecule has 0 fully saturated rings. The van der Waals surface area contributed by atoms with Crippen molar-refractivity contribution in [3.63, 3.8) is 0 Å². The molecule has 3 nitrogen and oxygen atoms in total. The number of nitrogens with two attached hydrogens (primary N) is 1. The van der Waals surface area contributed by atoms with Crippen molar-refractivity contribution >= 4 is 11.4 Å². The first-order valence-corrected chi connectivity index (χ1v) is 9.96. The predicted molar refractivity (Wildman–Crippen MR) is 120 cm³/mol. The molecule has 0 aromatic heterocycles. The lowest BCUT2D eigenvalue weighted by molar-refractivity contribution is 0.344. The maximum absolute atomic E-state index is 6.48. The summed E-state index contributed by atoms with van der Waals surface area (Å²) >= 11 is 0. The normalized spacial score (nSPS) is 25.3. The zero-order valence-corrected chi connectivity index (χ0v) is 16.1. The van der Waals surface area contributed by atoms with Gasteiger partial charge in [-0.1, -0.05) is 103 Å². The Hall–Kier alpha value is -3.43. The molecular weight excluding hydrogens is 354 g/mol. The number of para-hydroxylation sites is 1. The van der Waals surface area contributed by atoms with Crippen LogP contribution in [0.1, 0.15) is 16.7 Å². The van der Waals surface area contributed by atoms with E-state index in [1.54, 1.807) is 0 Å². The van der Waals surface area contributed by atoms with Gasteiger partial charge in [0.1, 0.15) is 0 Å². The monoisotopic (exact) mass is 377 g/mol. The summed E-state index contributed by atoms with van der Waals surface area (Å²) in [6, 6.07) is 29.0. The van der Waals surface area contributed by atoms with Gasteiger partial charge in [-0.2, -0.15) is 0 Å². The highest BCUT2D eigenvalue weighted by atomic mass is 15.2. The number of aliphatic imine (C=N–C) groups is 1. The summed E-state index contributed by atoms with van der Waals surface area (Å²) in [7, 11) is 0. The van der Waals surface area contributed by atoms with Crippen molar-refractivity contribution in [1.29, 1.82) is 0 Å². The highest BCUT2D eigenvalue weighted by Gasteiger charge is 2.44. The van der Waals surface area contributed by atoms with E-state index in [1.165, 1.54) is 0 Å². The van der Waals surface area contributed by atoms with E-state index >= 15 is 0 Å². The second kappa shape index (κ2) is 7.19. The van der Waals surface area contributed by atoms with Gasteiger partial charge in [0.05, 0.1) is 5.71 Å². The standard InChI is InChI=1S/C26H23N3/c27-23-17-9-8-16-22(23)26(20-13-5-2-6-14-20)28-24-18-10-7-15-21(24)25(29-26)19-11-3-1-4-12-19/h1-18,21,24,28H,27H2. The highest BCUT2D eigenvalue weighted by Crippen LogP contribution is 2.40. The van der Waals surface area contributed by atoms with Gasteiger partial charge >= 0.3 is 0 Å². The molecule has 3 atom stereocenters. The Morgan fingerprint density at radius 2 is 1.41 bits per heavy atom. The number of fused-ring (bicyclic) bond motifs is 1. The first kappa shape index (κ1) is 17.7. The molecule has 142 valence electrons. The average molecular weight is 377 g/mol. The van der Waals surface area contributed by atoms with Gasteiger partial charge in [0.25, 0.3) is 0 Å². The van der Waals surface area contributed by atoms with Crippen LogP contribution in [-0.2, 0) is 5.66 Å². The minimum atomic E-state index is -0.755.